The summed E-state index contributed by atoms with van der Waals surface area (Å²) in [4.78, 5) is 20.2. The number of benzene rings is 2. The molecule has 7 rings (SSSR count). The topological polar surface area (TPSA) is 109 Å². The molecule has 1 saturated carbocycles. The minimum Gasteiger partial charge on any atom is -0.490 e. The smallest absolute Gasteiger partial charge is 0.264 e. The fourth-order valence-corrected chi connectivity index (χ4v) is 9.34. The molecule has 8 nitrogen and oxygen atoms in total. The molecule has 236 valence electrons. The third-order valence-corrected chi connectivity index (χ3v) is 12.2. The molecule has 2 aliphatic carbocycles. The van der Waals surface area contributed by atoms with Crippen LogP contribution in [0.3, 0.4) is 0 Å². The van der Waals surface area contributed by atoms with E-state index in [4.69, 9.17) is 16.3 Å². The van der Waals surface area contributed by atoms with Crippen LogP contribution in [-0.2, 0) is 21.9 Å². The first-order valence-electron chi connectivity index (χ1n) is 15.8. The van der Waals surface area contributed by atoms with E-state index in [1.54, 1.807) is 42.6 Å². The van der Waals surface area contributed by atoms with E-state index in [9.17, 15) is 18.3 Å². The van der Waals surface area contributed by atoms with E-state index in [2.05, 4.69) is 26.7 Å². The molecule has 2 unspecified atom stereocenters. The second-order valence-electron chi connectivity index (χ2n) is 13.0. The molecule has 0 radical (unpaired) electrons. The molecule has 1 amide bonds. The van der Waals surface area contributed by atoms with Crippen LogP contribution in [0.25, 0.3) is 0 Å². The van der Waals surface area contributed by atoms with Gasteiger partial charge in [-0.15, -0.1) is 0 Å². The van der Waals surface area contributed by atoms with E-state index in [-0.39, 0.29) is 29.2 Å². The number of pyridine rings is 1. The van der Waals surface area contributed by atoms with E-state index >= 15 is 0 Å². The van der Waals surface area contributed by atoms with Crippen LogP contribution in [-0.4, -0.2) is 50.2 Å². The molecular formula is C35H38ClN3O5S. The summed E-state index contributed by atoms with van der Waals surface area (Å²) < 4.78 is 36.2. The van der Waals surface area contributed by atoms with Crippen molar-refractivity contribution < 1.29 is 23.1 Å². The number of amides is 1. The normalized spacial score (nSPS) is 30.1. The van der Waals surface area contributed by atoms with Crippen molar-refractivity contribution in [2.75, 3.05) is 24.6 Å². The standard InChI is InChI=1S/C35H38ClN3O5S/c36-26-12-14-28-23(18-26)6-5-16-35(28)21-39-20-25-10-13-27(25)31(40)8-1-2-9-33(29-7-3-4-17-37-29)45(42,43)38-34(41)24-11-15-32(44-22-35)30(39)19-24/h1,3-4,7-8,11-12,14-15,17-19,25,27,31,33,40H,2,5-6,9-10,13,16,20-22H2,(H,38,41)/b8-1+/t25-,27+,31?,33?,35-/m0/s1. The average molecular weight is 648 g/mol. The van der Waals surface area contributed by atoms with Gasteiger partial charge in [-0.3, -0.25) is 9.78 Å². The summed E-state index contributed by atoms with van der Waals surface area (Å²) in [5.74, 6) is 0.330. The van der Waals surface area contributed by atoms with Crippen molar-refractivity contribution in [3.05, 3.63) is 100 Å². The van der Waals surface area contributed by atoms with Gasteiger partial charge < -0.3 is 14.7 Å². The molecule has 3 heterocycles. The summed E-state index contributed by atoms with van der Waals surface area (Å²) in [6.45, 7) is 1.85. The molecule has 1 aromatic heterocycles. The Morgan fingerprint density at radius 3 is 2.78 bits per heavy atom. The van der Waals surface area contributed by atoms with Crippen LogP contribution in [0, 0.1) is 11.8 Å². The van der Waals surface area contributed by atoms with Crippen LogP contribution in [0.5, 0.6) is 5.75 Å². The fourth-order valence-electron chi connectivity index (χ4n) is 7.72. The number of aryl methyl sites for hydroxylation is 1. The number of sulfonamides is 1. The predicted octanol–water partition coefficient (Wildman–Crippen LogP) is 5.75. The van der Waals surface area contributed by atoms with Crippen LogP contribution in [0.2, 0.25) is 5.02 Å². The largest absolute Gasteiger partial charge is 0.490 e. The number of carbonyl (C=O) groups is 1. The number of aliphatic hydroxyl groups excluding tert-OH is 1. The molecule has 4 aliphatic rings. The number of anilines is 1. The quantitative estimate of drug-likeness (QED) is 0.324. The Kier molecular flexibility index (Phi) is 8.12. The van der Waals surface area contributed by atoms with Crippen molar-refractivity contribution in [3.8, 4) is 5.75 Å². The van der Waals surface area contributed by atoms with Gasteiger partial charge in [0, 0.05) is 35.3 Å². The zero-order valence-electron chi connectivity index (χ0n) is 25.1. The van der Waals surface area contributed by atoms with Crippen LogP contribution >= 0.6 is 11.6 Å². The molecule has 2 aliphatic heterocycles. The lowest BCUT2D eigenvalue weighted by Gasteiger charge is -2.45. The first-order chi connectivity index (χ1) is 21.7. The van der Waals surface area contributed by atoms with Crippen molar-refractivity contribution >= 4 is 33.2 Å². The van der Waals surface area contributed by atoms with Crippen molar-refractivity contribution in [3.63, 3.8) is 0 Å². The minimum atomic E-state index is -4.14. The van der Waals surface area contributed by atoms with Gasteiger partial charge in [-0.1, -0.05) is 35.9 Å². The summed E-state index contributed by atoms with van der Waals surface area (Å²) in [5.41, 5.74) is 3.59. The van der Waals surface area contributed by atoms with Crippen LogP contribution < -0.4 is 14.4 Å². The highest BCUT2D eigenvalue weighted by atomic mass is 35.5. The Balaban J connectivity index is 1.29. The second-order valence-corrected chi connectivity index (χ2v) is 15.3. The van der Waals surface area contributed by atoms with Crippen LogP contribution in [0.1, 0.15) is 71.0 Å². The van der Waals surface area contributed by atoms with Gasteiger partial charge in [-0.2, -0.15) is 0 Å². The van der Waals surface area contributed by atoms with Crippen LogP contribution in [0.4, 0.5) is 5.69 Å². The highest BCUT2D eigenvalue weighted by Gasteiger charge is 2.44. The van der Waals surface area contributed by atoms with E-state index in [1.807, 2.05) is 18.2 Å². The average Bonchev–Trinajstić information content (AvgIpc) is 3.15. The molecule has 1 fully saturated rings. The summed E-state index contributed by atoms with van der Waals surface area (Å²) in [7, 11) is -4.14. The predicted molar refractivity (Wildman–Crippen MR) is 174 cm³/mol. The van der Waals surface area contributed by atoms with Gasteiger partial charge in [0.1, 0.15) is 11.0 Å². The maximum absolute atomic E-state index is 13.7. The Hall–Kier alpha value is -3.40. The number of ether oxygens (including phenoxy) is 1. The van der Waals surface area contributed by atoms with Crippen molar-refractivity contribution in [2.45, 2.75) is 61.7 Å². The summed E-state index contributed by atoms with van der Waals surface area (Å²) in [6.07, 6.45) is 10.1. The van der Waals surface area contributed by atoms with Gasteiger partial charge in [0.25, 0.3) is 5.91 Å². The van der Waals surface area contributed by atoms with Gasteiger partial charge in [-0.25, -0.2) is 13.1 Å². The molecule has 2 bridgehead atoms. The third kappa shape index (κ3) is 5.86. The van der Waals surface area contributed by atoms with Crippen LogP contribution in [0.15, 0.2) is 72.9 Å². The van der Waals surface area contributed by atoms with E-state index in [0.717, 1.165) is 42.8 Å². The van der Waals surface area contributed by atoms with E-state index in [1.165, 1.54) is 11.1 Å². The Morgan fingerprint density at radius 1 is 1.09 bits per heavy atom. The molecule has 0 saturated heterocycles. The second kappa shape index (κ2) is 12.1. The zero-order valence-corrected chi connectivity index (χ0v) is 26.6. The number of halogens is 1. The minimum absolute atomic E-state index is 0.0944. The molecule has 2 aromatic carbocycles. The van der Waals surface area contributed by atoms with Gasteiger partial charge >= 0.3 is 0 Å². The number of hydrogen-bond donors (Lipinski definition) is 2. The van der Waals surface area contributed by atoms with Crippen molar-refractivity contribution in [1.82, 2.24) is 9.71 Å². The maximum Gasteiger partial charge on any atom is 0.264 e. The molecule has 1 spiro atoms. The number of nitrogens with one attached hydrogen (secondary N) is 1. The monoisotopic (exact) mass is 647 g/mol. The molecule has 3 aromatic rings. The van der Waals surface area contributed by atoms with Crippen molar-refractivity contribution in [1.29, 1.82) is 0 Å². The number of hydrogen-bond acceptors (Lipinski definition) is 7. The number of nitrogens with zero attached hydrogens (tertiary/aromatic N) is 2. The fraction of sp³-hybridized carbons (Fsp3) is 0.429. The number of aliphatic hydroxyl groups is 1. The lowest BCUT2D eigenvalue weighted by Crippen LogP contribution is -2.49. The Labute approximate surface area is 269 Å². The van der Waals surface area contributed by atoms with Crippen molar-refractivity contribution in [2.24, 2.45) is 11.8 Å². The number of allylic oxidation sites excluding steroid dienone is 1. The summed E-state index contributed by atoms with van der Waals surface area (Å²) >= 11 is 6.40. The van der Waals surface area contributed by atoms with Gasteiger partial charge in [0.05, 0.1) is 24.1 Å². The highest BCUT2D eigenvalue weighted by molar-refractivity contribution is 7.90. The zero-order chi connectivity index (χ0) is 31.2. The molecule has 10 heteroatoms. The SMILES string of the molecule is O=C1NS(=O)(=O)C(c2ccccn2)CC/C=C/C(O)[C@@H]2CC[C@H]2CN2C[C@@]3(CCCc4cc(Cl)ccc43)COc3ccc1cc32. The van der Waals surface area contributed by atoms with E-state index in [0.29, 0.717) is 37.6 Å². The molecule has 5 atom stereocenters. The first-order valence-corrected chi connectivity index (χ1v) is 17.8. The van der Waals surface area contributed by atoms with Gasteiger partial charge in [0.15, 0.2) is 0 Å². The third-order valence-electron chi connectivity index (χ3n) is 10.2. The lowest BCUT2D eigenvalue weighted by atomic mass is 9.68. The number of rotatable bonds is 1. The number of carbonyl (C=O) groups excluding carboxylic acids is 1. The number of aromatic nitrogens is 1. The Morgan fingerprint density at radius 2 is 1.98 bits per heavy atom. The van der Waals surface area contributed by atoms with Gasteiger partial charge in [0.2, 0.25) is 10.0 Å². The molecular weight excluding hydrogens is 610 g/mol. The molecule has 45 heavy (non-hydrogen) atoms. The number of fused-ring (bicyclic) bond motifs is 4. The van der Waals surface area contributed by atoms with E-state index < -0.39 is 27.3 Å². The highest BCUT2D eigenvalue weighted by Crippen LogP contribution is 2.47. The summed E-state index contributed by atoms with van der Waals surface area (Å²) in [6, 6.07) is 16.4. The first kappa shape index (κ1) is 30.3. The Bertz CT molecular complexity index is 1730. The maximum atomic E-state index is 13.7. The summed E-state index contributed by atoms with van der Waals surface area (Å²) in [5, 5.41) is 10.9. The van der Waals surface area contributed by atoms with Gasteiger partial charge in [-0.05, 0) is 110 Å². The lowest BCUT2D eigenvalue weighted by molar-refractivity contribution is 0.0456. The molecule has 2 N–H and O–H groups in total.